The fraction of sp³-hybridized carbons (Fsp3) is 0.222. The highest BCUT2D eigenvalue weighted by Crippen LogP contribution is 2.30. The van der Waals surface area contributed by atoms with Crippen LogP contribution in [0.25, 0.3) is 0 Å². The first-order valence-corrected chi connectivity index (χ1v) is 7.05. The Labute approximate surface area is 123 Å². The van der Waals surface area contributed by atoms with Gasteiger partial charge in [-0.15, -0.1) is 0 Å². The van der Waals surface area contributed by atoms with Crippen LogP contribution in [0.15, 0.2) is 42.5 Å². The van der Waals surface area contributed by atoms with Gasteiger partial charge in [0.2, 0.25) is 0 Å². The van der Waals surface area contributed by atoms with Crippen LogP contribution < -0.4 is 4.74 Å². The zero-order chi connectivity index (χ0) is 14.7. The second kappa shape index (κ2) is 5.80. The molecular formula is C18H15NO2. The van der Waals surface area contributed by atoms with Gasteiger partial charge in [-0.2, -0.15) is 5.26 Å². The summed E-state index contributed by atoms with van der Waals surface area (Å²) < 4.78 is 5.88. The molecule has 2 aromatic carbocycles. The monoisotopic (exact) mass is 277 g/mol. The highest BCUT2D eigenvalue weighted by atomic mass is 16.5. The molecule has 104 valence electrons. The molecule has 0 amide bonds. The first kappa shape index (κ1) is 13.4. The Kier molecular flexibility index (Phi) is 3.70. The van der Waals surface area contributed by atoms with E-state index < -0.39 is 0 Å². The normalized spacial score (nSPS) is 13.4. The number of benzene rings is 2. The second-order valence-electron chi connectivity index (χ2n) is 5.16. The Balaban J connectivity index is 1.81. The Morgan fingerprint density at radius 2 is 2.00 bits per heavy atom. The van der Waals surface area contributed by atoms with Crippen LogP contribution in [0.5, 0.6) is 5.75 Å². The molecule has 0 unspecified atom stereocenters. The molecule has 0 aromatic heterocycles. The third kappa shape index (κ3) is 2.80. The van der Waals surface area contributed by atoms with Crippen LogP contribution in [0, 0.1) is 11.3 Å². The first-order chi connectivity index (χ1) is 10.3. The number of rotatable bonds is 3. The molecule has 0 saturated heterocycles. The molecule has 2 aromatic rings. The highest BCUT2D eigenvalue weighted by molar-refractivity contribution is 5.99. The van der Waals surface area contributed by atoms with Crippen molar-refractivity contribution in [3.63, 3.8) is 0 Å². The van der Waals surface area contributed by atoms with Crippen molar-refractivity contribution in [2.24, 2.45) is 0 Å². The van der Waals surface area contributed by atoms with Gasteiger partial charge in [0, 0.05) is 17.5 Å². The molecule has 0 fully saturated rings. The third-order valence-corrected chi connectivity index (χ3v) is 3.71. The van der Waals surface area contributed by atoms with Gasteiger partial charge < -0.3 is 4.74 Å². The summed E-state index contributed by atoms with van der Waals surface area (Å²) in [4.78, 5) is 11.9. The number of carbonyl (C=O) groups is 1. The van der Waals surface area contributed by atoms with Crippen LogP contribution in [0.1, 0.15) is 39.9 Å². The van der Waals surface area contributed by atoms with Crippen LogP contribution in [0.4, 0.5) is 0 Å². The van der Waals surface area contributed by atoms with Crippen molar-refractivity contribution in [2.75, 3.05) is 0 Å². The number of nitrogens with zero attached hydrogens (tertiary/aromatic N) is 1. The molecule has 0 saturated carbocycles. The number of hydrogen-bond donors (Lipinski definition) is 0. The van der Waals surface area contributed by atoms with E-state index in [-0.39, 0.29) is 5.78 Å². The summed E-state index contributed by atoms with van der Waals surface area (Å²) in [5.41, 5.74) is 3.39. The maximum absolute atomic E-state index is 11.9. The summed E-state index contributed by atoms with van der Waals surface area (Å²) >= 11 is 0. The number of ether oxygens (including phenoxy) is 1. The number of carbonyl (C=O) groups excluding carboxylic acids is 1. The predicted octanol–water partition coefficient (Wildman–Crippen LogP) is 3.66. The molecule has 0 bridgehead atoms. The van der Waals surface area contributed by atoms with Gasteiger partial charge in [-0.3, -0.25) is 4.79 Å². The minimum Gasteiger partial charge on any atom is -0.489 e. The standard InChI is InChI=1S/C18H15NO2/c19-11-13-4-1-5-14(10-13)12-21-18-9-3-6-15-16(18)7-2-8-17(15)20/h1,3-6,9-10H,2,7-8,12H2. The van der Waals surface area contributed by atoms with E-state index in [0.29, 0.717) is 18.6 Å². The van der Waals surface area contributed by atoms with E-state index in [1.54, 1.807) is 6.07 Å². The lowest BCUT2D eigenvalue weighted by Gasteiger charge is -2.18. The average Bonchev–Trinajstić information content (AvgIpc) is 2.53. The summed E-state index contributed by atoms with van der Waals surface area (Å²) in [6.07, 6.45) is 2.40. The van der Waals surface area contributed by atoms with Crippen molar-refractivity contribution in [3.05, 3.63) is 64.7 Å². The molecule has 3 nitrogen and oxygen atoms in total. The summed E-state index contributed by atoms with van der Waals surface area (Å²) in [6.45, 7) is 0.403. The number of hydrogen-bond acceptors (Lipinski definition) is 3. The number of fused-ring (bicyclic) bond motifs is 1. The Bertz CT molecular complexity index is 728. The fourth-order valence-corrected chi connectivity index (χ4v) is 2.67. The van der Waals surface area contributed by atoms with Gasteiger partial charge >= 0.3 is 0 Å². The maximum Gasteiger partial charge on any atom is 0.163 e. The van der Waals surface area contributed by atoms with Crippen molar-refractivity contribution >= 4 is 5.78 Å². The molecule has 0 aliphatic heterocycles. The SMILES string of the molecule is N#Cc1cccc(COc2cccc3c2CCCC3=O)c1. The minimum atomic E-state index is 0.202. The van der Waals surface area contributed by atoms with Gasteiger partial charge in [-0.05, 0) is 36.6 Å². The number of ketones is 1. The van der Waals surface area contributed by atoms with E-state index in [0.717, 1.165) is 35.3 Å². The molecule has 0 heterocycles. The topological polar surface area (TPSA) is 50.1 Å². The molecule has 3 heteroatoms. The molecule has 1 aliphatic rings. The van der Waals surface area contributed by atoms with Gasteiger partial charge in [0.25, 0.3) is 0 Å². The first-order valence-electron chi connectivity index (χ1n) is 7.05. The van der Waals surface area contributed by atoms with Crippen LogP contribution in [0.2, 0.25) is 0 Å². The van der Waals surface area contributed by atoms with Gasteiger partial charge in [-0.25, -0.2) is 0 Å². The quantitative estimate of drug-likeness (QED) is 0.860. The van der Waals surface area contributed by atoms with E-state index >= 15 is 0 Å². The molecule has 3 rings (SSSR count). The molecule has 0 radical (unpaired) electrons. The van der Waals surface area contributed by atoms with Gasteiger partial charge in [0.1, 0.15) is 12.4 Å². The summed E-state index contributed by atoms with van der Waals surface area (Å²) in [5.74, 6) is 0.982. The van der Waals surface area contributed by atoms with Gasteiger partial charge in [-0.1, -0.05) is 24.3 Å². The van der Waals surface area contributed by atoms with Crippen LogP contribution in [-0.4, -0.2) is 5.78 Å². The fourth-order valence-electron chi connectivity index (χ4n) is 2.67. The second-order valence-corrected chi connectivity index (χ2v) is 5.16. The smallest absolute Gasteiger partial charge is 0.163 e. The minimum absolute atomic E-state index is 0.202. The van der Waals surface area contributed by atoms with Crippen molar-refractivity contribution in [1.29, 1.82) is 5.26 Å². The Hall–Kier alpha value is -2.60. The van der Waals surface area contributed by atoms with E-state index in [2.05, 4.69) is 6.07 Å². The highest BCUT2D eigenvalue weighted by Gasteiger charge is 2.20. The van der Waals surface area contributed by atoms with Crippen LogP contribution in [0.3, 0.4) is 0 Å². The molecule has 0 spiro atoms. The number of nitriles is 1. The van der Waals surface area contributed by atoms with Crippen molar-refractivity contribution in [3.8, 4) is 11.8 Å². The van der Waals surface area contributed by atoms with Crippen LogP contribution in [-0.2, 0) is 13.0 Å². The average molecular weight is 277 g/mol. The lowest BCUT2D eigenvalue weighted by atomic mass is 9.90. The van der Waals surface area contributed by atoms with Crippen molar-refractivity contribution in [2.45, 2.75) is 25.9 Å². The maximum atomic E-state index is 11.9. The summed E-state index contributed by atoms with van der Waals surface area (Å²) in [7, 11) is 0. The van der Waals surface area contributed by atoms with E-state index in [1.807, 2.05) is 36.4 Å². The van der Waals surface area contributed by atoms with Gasteiger partial charge in [0.05, 0.1) is 11.6 Å². The Morgan fingerprint density at radius 3 is 2.86 bits per heavy atom. The molecule has 1 aliphatic carbocycles. The van der Waals surface area contributed by atoms with Crippen LogP contribution >= 0.6 is 0 Å². The zero-order valence-corrected chi connectivity index (χ0v) is 11.6. The summed E-state index contributed by atoms with van der Waals surface area (Å²) in [6, 6.07) is 15.1. The largest absolute Gasteiger partial charge is 0.489 e. The lowest BCUT2D eigenvalue weighted by molar-refractivity contribution is 0.0971. The lowest BCUT2D eigenvalue weighted by Crippen LogP contribution is -2.12. The number of Topliss-reactive ketones (excluding diaryl/α,β-unsaturated/α-hetero) is 1. The molecule has 0 N–H and O–H groups in total. The third-order valence-electron chi connectivity index (χ3n) is 3.71. The molecule has 21 heavy (non-hydrogen) atoms. The Morgan fingerprint density at radius 1 is 1.14 bits per heavy atom. The van der Waals surface area contributed by atoms with Gasteiger partial charge in [0.15, 0.2) is 5.78 Å². The van der Waals surface area contributed by atoms with E-state index in [9.17, 15) is 4.79 Å². The molecule has 0 atom stereocenters. The van der Waals surface area contributed by atoms with E-state index in [1.165, 1.54) is 0 Å². The predicted molar refractivity (Wildman–Crippen MR) is 79.2 cm³/mol. The summed E-state index contributed by atoms with van der Waals surface area (Å²) in [5, 5.41) is 8.91. The van der Waals surface area contributed by atoms with E-state index in [4.69, 9.17) is 10.00 Å². The van der Waals surface area contributed by atoms with Crippen molar-refractivity contribution < 1.29 is 9.53 Å². The van der Waals surface area contributed by atoms with Crippen molar-refractivity contribution in [1.82, 2.24) is 0 Å². The zero-order valence-electron chi connectivity index (χ0n) is 11.6. The molecular weight excluding hydrogens is 262 g/mol.